The van der Waals surface area contributed by atoms with Crippen LogP contribution in [0.1, 0.15) is 50.6 Å². The molecule has 0 bridgehead atoms. The molecule has 0 spiro atoms. The second kappa shape index (κ2) is 8.73. The molecule has 0 aromatic heterocycles. The van der Waals surface area contributed by atoms with Crippen molar-refractivity contribution in [3.05, 3.63) is 35.4 Å². The van der Waals surface area contributed by atoms with Crippen molar-refractivity contribution in [1.82, 2.24) is 10.6 Å². The second-order valence-electron chi connectivity index (χ2n) is 6.55. The Labute approximate surface area is 150 Å². The molecule has 1 aliphatic carbocycles. The molecule has 1 fully saturated rings. The lowest BCUT2D eigenvalue weighted by Gasteiger charge is -2.27. The van der Waals surface area contributed by atoms with Crippen molar-refractivity contribution in [2.45, 2.75) is 51.1 Å². The molecular formula is C18H22F2N2O4. The molecule has 0 aliphatic heterocycles. The molecule has 0 saturated heterocycles. The number of aliphatic carboxylic acids is 1. The van der Waals surface area contributed by atoms with Gasteiger partial charge < -0.3 is 15.7 Å². The van der Waals surface area contributed by atoms with Crippen molar-refractivity contribution in [3.63, 3.8) is 0 Å². The highest BCUT2D eigenvalue weighted by Gasteiger charge is 2.28. The van der Waals surface area contributed by atoms with E-state index >= 15 is 0 Å². The first kappa shape index (κ1) is 19.8. The molecule has 1 unspecified atom stereocenters. The molecule has 0 radical (unpaired) electrons. The summed E-state index contributed by atoms with van der Waals surface area (Å²) in [5, 5.41) is 14.2. The summed E-state index contributed by atoms with van der Waals surface area (Å²) < 4.78 is 28.0. The number of carboxylic acid groups (broad SMARTS) is 1. The van der Waals surface area contributed by atoms with Crippen molar-refractivity contribution >= 4 is 17.8 Å². The number of nitrogens with one attached hydrogen (secondary N) is 2. The van der Waals surface area contributed by atoms with Crippen LogP contribution in [0.3, 0.4) is 0 Å². The van der Waals surface area contributed by atoms with Crippen LogP contribution in [-0.4, -0.2) is 28.9 Å². The number of hydrogen-bond donors (Lipinski definition) is 3. The summed E-state index contributed by atoms with van der Waals surface area (Å²) in [6, 6.07) is 2.04. The Morgan fingerprint density at radius 3 is 2.23 bits per heavy atom. The molecule has 8 heteroatoms. The third-order valence-electron chi connectivity index (χ3n) is 4.56. The van der Waals surface area contributed by atoms with Crippen molar-refractivity contribution in [3.8, 4) is 0 Å². The van der Waals surface area contributed by atoms with E-state index in [1.54, 1.807) is 0 Å². The van der Waals surface area contributed by atoms with E-state index in [4.69, 9.17) is 5.11 Å². The molecular weight excluding hydrogens is 346 g/mol. The van der Waals surface area contributed by atoms with Crippen LogP contribution in [0, 0.1) is 17.6 Å². The lowest BCUT2D eigenvalue weighted by Crippen LogP contribution is -2.41. The average Bonchev–Trinajstić information content (AvgIpc) is 2.54. The van der Waals surface area contributed by atoms with Gasteiger partial charge in [-0.25, -0.2) is 8.78 Å². The largest absolute Gasteiger partial charge is 0.481 e. The summed E-state index contributed by atoms with van der Waals surface area (Å²) >= 11 is 0. The van der Waals surface area contributed by atoms with E-state index in [9.17, 15) is 23.2 Å². The van der Waals surface area contributed by atoms with E-state index in [1.807, 2.05) is 0 Å². The van der Waals surface area contributed by atoms with Crippen molar-refractivity contribution in [1.29, 1.82) is 0 Å². The topological polar surface area (TPSA) is 95.5 Å². The smallest absolute Gasteiger partial charge is 0.306 e. The monoisotopic (exact) mass is 368 g/mol. The first-order chi connectivity index (χ1) is 12.3. The van der Waals surface area contributed by atoms with Crippen LogP contribution in [0.4, 0.5) is 8.78 Å². The summed E-state index contributed by atoms with van der Waals surface area (Å²) in [5.41, 5.74) is -0.354. The Balaban J connectivity index is 2.01. The van der Waals surface area contributed by atoms with Crippen LogP contribution in [0.15, 0.2) is 18.2 Å². The standard InChI is InChI=1S/C18H22F2N2O4/c1-10(23)21-15(17-13(19)3-2-4-14(17)20)9-16(24)22-12-7-5-11(6-8-12)18(25)26/h2-4,11-12,15H,5-9H2,1H3,(H,21,23)(H,22,24)(H,25,26). The maximum atomic E-state index is 14.0. The Bertz CT molecular complexity index is 668. The first-order valence-electron chi connectivity index (χ1n) is 8.51. The van der Waals surface area contributed by atoms with Gasteiger partial charge in [0.05, 0.1) is 18.4 Å². The van der Waals surface area contributed by atoms with E-state index < -0.39 is 41.4 Å². The fourth-order valence-corrected chi connectivity index (χ4v) is 3.27. The molecule has 6 nitrogen and oxygen atoms in total. The van der Waals surface area contributed by atoms with E-state index in [0.717, 1.165) is 12.1 Å². The molecule has 1 aliphatic rings. The summed E-state index contributed by atoms with van der Waals surface area (Å²) in [5.74, 6) is -3.87. The number of rotatable bonds is 6. The van der Waals surface area contributed by atoms with Gasteiger partial charge in [0.2, 0.25) is 11.8 Å². The van der Waals surface area contributed by atoms with Gasteiger partial charge in [-0.3, -0.25) is 14.4 Å². The highest BCUT2D eigenvalue weighted by atomic mass is 19.1. The Morgan fingerprint density at radius 2 is 1.73 bits per heavy atom. The van der Waals surface area contributed by atoms with Gasteiger partial charge in [-0.05, 0) is 37.8 Å². The maximum Gasteiger partial charge on any atom is 0.306 e. The number of hydrogen-bond acceptors (Lipinski definition) is 3. The maximum absolute atomic E-state index is 14.0. The molecule has 2 rings (SSSR count). The number of amides is 2. The van der Waals surface area contributed by atoms with E-state index in [-0.39, 0.29) is 18.0 Å². The summed E-state index contributed by atoms with van der Waals surface area (Å²) in [6.07, 6.45) is 1.69. The Kier molecular flexibility index (Phi) is 6.65. The number of carbonyl (C=O) groups is 3. The van der Waals surface area contributed by atoms with Crippen molar-refractivity contribution in [2.24, 2.45) is 5.92 Å². The van der Waals surface area contributed by atoms with Gasteiger partial charge in [-0.1, -0.05) is 6.07 Å². The van der Waals surface area contributed by atoms with Gasteiger partial charge >= 0.3 is 5.97 Å². The van der Waals surface area contributed by atoms with Crippen LogP contribution >= 0.6 is 0 Å². The summed E-state index contributed by atoms with van der Waals surface area (Å²) in [6.45, 7) is 1.21. The molecule has 1 aromatic rings. The van der Waals surface area contributed by atoms with Crippen LogP contribution in [-0.2, 0) is 14.4 Å². The molecule has 0 heterocycles. The SMILES string of the molecule is CC(=O)NC(CC(=O)NC1CCC(C(=O)O)CC1)c1c(F)cccc1F. The van der Waals surface area contributed by atoms with Crippen LogP contribution < -0.4 is 10.6 Å². The Morgan fingerprint density at radius 1 is 1.15 bits per heavy atom. The molecule has 1 aromatic carbocycles. The molecule has 26 heavy (non-hydrogen) atoms. The molecule has 3 N–H and O–H groups in total. The average molecular weight is 368 g/mol. The van der Waals surface area contributed by atoms with Gasteiger partial charge in [-0.15, -0.1) is 0 Å². The summed E-state index contributed by atoms with van der Waals surface area (Å²) in [4.78, 5) is 34.6. The van der Waals surface area contributed by atoms with Crippen molar-refractivity contribution < 1.29 is 28.3 Å². The quantitative estimate of drug-likeness (QED) is 0.718. The van der Waals surface area contributed by atoms with Crippen molar-refractivity contribution in [2.75, 3.05) is 0 Å². The van der Waals surface area contributed by atoms with Gasteiger partial charge in [0.25, 0.3) is 0 Å². The molecule has 2 amide bonds. The normalized spacial score (nSPS) is 20.9. The van der Waals surface area contributed by atoms with E-state index in [2.05, 4.69) is 10.6 Å². The van der Waals surface area contributed by atoms with Crippen LogP contribution in [0.2, 0.25) is 0 Å². The number of carboxylic acids is 1. The molecule has 1 atom stereocenters. The van der Waals surface area contributed by atoms with Gasteiger partial charge in [-0.2, -0.15) is 0 Å². The van der Waals surface area contributed by atoms with Gasteiger partial charge in [0, 0.05) is 18.5 Å². The number of benzene rings is 1. The zero-order valence-electron chi connectivity index (χ0n) is 14.4. The number of halogens is 2. The third-order valence-corrected chi connectivity index (χ3v) is 4.56. The highest BCUT2D eigenvalue weighted by molar-refractivity contribution is 5.79. The third kappa shape index (κ3) is 5.24. The molecule has 142 valence electrons. The summed E-state index contributed by atoms with van der Waals surface area (Å²) in [7, 11) is 0. The van der Waals surface area contributed by atoms with Gasteiger partial charge in [0.15, 0.2) is 0 Å². The fourth-order valence-electron chi connectivity index (χ4n) is 3.27. The van der Waals surface area contributed by atoms with E-state index in [0.29, 0.717) is 25.7 Å². The lowest BCUT2D eigenvalue weighted by molar-refractivity contribution is -0.142. The zero-order chi connectivity index (χ0) is 19.3. The highest BCUT2D eigenvalue weighted by Crippen LogP contribution is 2.26. The minimum absolute atomic E-state index is 0.179. The minimum Gasteiger partial charge on any atom is -0.481 e. The minimum atomic E-state index is -1.12. The number of carbonyl (C=O) groups excluding carboxylic acids is 2. The Hall–Kier alpha value is -2.51. The van der Waals surface area contributed by atoms with Crippen LogP contribution in [0.25, 0.3) is 0 Å². The predicted molar refractivity (Wildman–Crippen MR) is 89.1 cm³/mol. The lowest BCUT2D eigenvalue weighted by atomic mass is 9.86. The first-order valence-corrected chi connectivity index (χ1v) is 8.51. The fraction of sp³-hybridized carbons (Fsp3) is 0.500. The predicted octanol–water partition coefficient (Wildman–Crippen LogP) is 2.29. The zero-order valence-corrected chi connectivity index (χ0v) is 14.4. The van der Waals surface area contributed by atoms with E-state index in [1.165, 1.54) is 13.0 Å². The van der Waals surface area contributed by atoms with Crippen LogP contribution in [0.5, 0.6) is 0 Å². The second-order valence-corrected chi connectivity index (χ2v) is 6.55. The molecule has 1 saturated carbocycles. The van der Waals surface area contributed by atoms with Gasteiger partial charge in [0.1, 0.15) is 11.6 Å².